The molecule has 0 N–H and O–H groups in total. The topological polar surface area (TPSA) is 38.2 Å². The number of rotatable bonds is 1. The first-order valence-corrected chi connectivity index (χ1v) is 5.55. The van der Waals surface area contributed by atoms with Gasteiger partial charge in [-0.3, -0.25) is 0 Å². The van der Waals surface area contributed by atoms with Crippen molar-refractivity contribution in [3.8, 4) is 0 Å². The molecular weight excluding hydrogens is 397 g/mol. The molecule has 0 saturated carbocycles. The predicted octanol–water partition coefficient (Wildman–Crippen LogP) is 1.99. The quantitative estimate of drug-likeness (QED) is 0.660. The minimum atomic E-state index is 0. The Hall–Kier alpha value is -0.182. The summed E-state index contributed by atoms with van der Waals surface area (Å²) >= 11 is 5.68. The van der Waals surface area contributed by atoms with Gasteiger partial charge in [0.2, 0.25) is 5.28 Å². The Morgan fingerprint density at radius 3 is 2.50 bits per heavy atom. The van der Waals surface area contributed by atoms with Gasteiger partial charge in [0.1, 0.15) is 5.82 Å². The number of nitrogens with zero attached hydrogens (tertiary/aromatic N) is 3. The molecule has 0 radical (unpaired) electrons. The number of anilines is 1. The molecule has 1 aromatic rings. The summed E-state index contributed by atoms with van der Waals surface area (Å²) in [5, 5.41) is 0.295. The van der Waals surface area contributed by atoms with Gasteiger partial charge in [-0.1, -0.05) is 13.8 Å². The van der Waals surface area contributed by atoms with Crippen molar-refractivity contribution in [2.45, 2.75) is 13.8 Å². The van der Waals surface area contributed by atoms with E-state index in [1.54, 1.807) is 6.20 Å². The van der Waals surface area contributed by atoms with Crippen molar-refractivity contribution in [2.24, 2.45) is 0 Å². The smallest absolute Gasteiger partial charge is 0.224 e. The average Bonchev–Trinajstić information content (AvgIpc) is 2.33. The van der Waals surface area contributed by atoms with Crippen LogP contribution in [0.4, 0.5) is 5.82 Å². The van der Waals surface area contributed by atoms with Crippen LogP contribution in [0.5, 0.6) is 0 Å². The van der Waals surface area contributed by atoms with Crippen molar-refractivity contribution in [3.05, 3.63) is 17.5 Å². The summed E-state index contributed by atoms with van der Waals surface area (Å²) in [5.41, 5.74) is 0. The molecule has 0 bridgehead atoms. The predicted molar refractivity (Wildman–Crippen MR) is 61.4 cm³/mol. The number of aromatic nitrogens is 2. The third-order valence-corrected chi connectivity index (χ3v) is 2.13. The van der Waals surface area contributed by atoms with Crippen LogP contribution in [0.3, 0.4) is 0 Å². The van der Waals surface area contributed by atoms with Crippen LogP contribution >= 0.6 is 11.6 Å². The van der Waals surface area contributed by atoms with E-state index >= 15 is 0 Å². The summed E-state index contributed by atoms with van der Waals surface area (Å²) in [4.78, 5) is 10.1. The number of halogens is 1. The number of ether oxygens (including phenoxy) is 1. The Morgan fingerprint density at radius 2 is 1.94 bits per heavy atom. The molecule has 4 nitrogen and oxygen atoms in total. The second kappa shape index (κ2) is 8.91. The van der Waals surface area contributed by atoms with Crippen molar-refractivity contribution >= 4 is 17.4 Å². The van der Waals surface area contributed by atoms with E-state index in [0.717, 1.165) is 32.1 Å². The average molecular weight is 414 g/mol. The van der Waals surface area contributed by atoms with Gasteiger partial charge >= 0.3 is 0 Å². The molecule has 1 fully saturated rings. The zero-order chi connectivity index (χ0) is 11.1. The van der Waals surface area contributed by atoms with Gasteiger partial charge in [-0.25, -0.2) is 9.97 Å². The largest absolute Gasteiger partial charge is 0.378 e. The first kappa shape index (κ1) is 15.8. The van der Waals surface area contributed by atoms with Crippen LogP contribution in [0.2, 0.25) is 5.28 Å². The zero-order valence-electron chi connectivity index (χ0n) is 9.52. The number of morpholine rings is 1. The van der Waals surface area contributed by atoms with Crippen LogP contribution < -0.4 is 4.90 Å². The molecule has 90 valence electrons. The van der Waals surface area contributed by atoms with Crippen molar-refractivity contribution in [1.82, 2.24) is 9.97 Å². The summed E-state index contributed by atoms with van der Waals surface area (Å²) in [6.45, 7) is 7.24. The van der Waals surface area contributed by atoms with E-state index in [0.29, 0.717) is 5.28 Å². The van der Waals surface area contributed by atoms with E-state index in [4.69, 9.17) is 16.3 Å². The fourth-order valence-corrected chi connectivity index (χ4v) is 1.44. The molecule has 0 atom stereocenters. The van der Waals surface area contributed by atoms with Gasteiger partial charge in [0, 0.05) is 40.4 Å². The molecule has 2 heterocycles. The molecule has 1 aliphatic rings. The molecule has 2 rings (SSSR count). The van der Waals surface area contributed by atoms with Gasteiger partial charge in [0.15, 0.2) is 0 Å². The summed E-state index contributed by atoms with van der Waals surface area (Å²) in [5.74, 6) is 0.878. The molecule has 6 heteroatoms. The SMILES string of the molecule is CC.Clc1nccc(N2CCOCC2)n1.[W]. The molecule has 0 aromatic carbocycles. The molecule has 0 amide bonds. The fraction of sp³-hybridized carbons (Fsp3) is 0.600. The van der Waals surface area contributed by atoms with E-state index in [1.165, 1.54) is 0 Å². The van der Waals surface area contributed by atoms with E-state index in [9.17, 15) is 0 Å². The van der Waals surface area contributed by atoms with Gasteiger partial charge in [-0.05, 0) is 17.7 Å². The van der Waals surface area contributed by atoms with Gasteiger partial charge in [-0.15, -0.1) is 0 Å². The zero-order valence-corrected chi connectivity index (χ0v) is 13.2. The Balaban J connectivity index is 0.000000711. The Bertz CT molecular complexity index is 295. The van der Waals surface area contributed by atoms with Crippen molar-refractivity contribution in [1.29, 1.82) is 0 Å². The summed E-state index contributed by atoms with van der Waals surface area (Å²) in [7, 11) is 0. The molecule has 1 aromatic heterocycles. The van der Waals surface area contributed by atoms with Crippen LogP contribution in [0.25, 0.3) is 0 Å². The molecule has 0 spiro atoms. The first-order valence-electron chi connectivity index (χ1n) is 5.17. The standard InChI is InChI=1S/C8H10ClN3O.C2H6.W/c9-8-10-2-1-7(11-8)12-3-5-13-6-4-12;1-2;/h1-2H,3-6H2;1-2H3;. The van der Waals surface area contributed by atoms with Gasteiger partial charge in [0.05, 0.1) is 13.2 Å². The van der Waals surface area contributed by atoms with Crippen LogP contribution in [0, 0.1) is 0 Å². The van der Waals surface area contributed by atoms with Crippen molar-refractivity contribution < 1.29 is 25.8 Å². The number of hydrogen-bond acceptors (Lipinski definition) is 4. The van der Waals surface area contributed by atoms with Gasteiger partial charge < -0.3 is 9.64 Å². The fourth-order valence-electron chi connectivity index (χ4n) is 1.29. The second-order valence-electron chi connectivity index (χ2n) is 2.78. The second-order valence-corrected chi connectivity index (χ2v) is 3.12. The minimum absolute atomic E-state index is 0. The third-order valence-electron chi connectivity index (χ3n) is 1.95. The van der Waals surface area contributed by atoms with E-state index in [1.807, 2.05) is 19.9 Å². The van der Waals surface area contributed by atoms with Crippen molar-refractivity contribution in [3.63, 3.8) is 0 Å². The maximum Gasteiger partial charge on any atom is 0.224 e. The van der Waals surface area contributed by atoms with Crippen LogP contribution in [0.15, 0.2) is 12.3 Å². The molecule has 0 unspecified atom stereocenters. The van der Waals surface area contributed by atoms with E-state index in [2.05, 4.69) is 14.9 Å². The monoisotopic (exact) mass is 413 g/mol. The minimum Gasteiger partial charge on any atom is -0.378 e. The molecular formula is C10H16ClN3OW. The van der Waals surface area contributed by atoms with E-state index in [-0.39, 0.29) is 21.1 Å². The Kier molecular flexibility index (Phi) is 8.81. The van der Waals surface area contributed by atoms with Gasteiger partial charge in [-0.2, -0.15) is 0 Å². The van der Waals surface area contributed by atoms with E-state index < -0.39 is 0 Å². The van der Waals surface area contributed by atoms with Gasteiger partial charge in [0.25, 0.3) is 0 Å². The maximum atomic E-state index is 5.68. The Morgan fingerprint density at radius 1 is 1.31 bits per heavy atom. The first-order chi connectivity index (χ1) is 7.36. The summed E-state index contributed by atoms with van der Waals surface area (Å²) in [6.07, 6.45) is 1.67. The molecule has 1 saturated heterocycles. The maximum absolute atomic E-state index is 5.68. The van der Waals surface area contributed by atoms with Crippen LogP contribution in [-0.2, 0) is 25.8 Å². The molecule has 1 aliphatic heterocycles. The Labute approximate surface area is 116 Å². The molecule has 0 aliphatic carbocycles. The summed E-state index contributed by atoms with van der Waals surface area (Å²) in [6, 6.07) is 1.86. The van der Waals surface area contributed by atoms with Crippen molar-refractivity contribution in [2.75, 3.05) is 31.2 Å². The third kappa shape index (κ3) is 4.77. The molecule has 16 heavy (non-hydrogen) atoms. The summed E-state index contributed by atoms with van der Waals surface area (Å²) < 4.78 is 5.23. The normalized spacial score (nSPS) is 14.6. The number of hydrogen-bond donors (Lipinski definition) is 0. The van der Waals surface area contributed by atoms with Crippen LogP contribution in [-0.4, -0.2) is 36.3 Å². The van der Waals surface area contributed by atoms with Crippen LogP contribution in [0.1, 0.15) is 13.8 Å².